The monoisotopic (exact) mass is 356 g/mol. The van der Waals surface area contributed by atoms with Gasteiger partial charge in [-0.15, -0.1) is 0 Å². The van der Waals surface area contributed by atoms with Crippen LogP contribution in [-0.4, -0.2) is 27.0 Å². The molecule has 0 radical (unpaired) electrons. The Morgan fingerprint density at radius 2 is 1.59 bits per heavy atom. The van der Waals surface area contributed by atoms with Crippen LogP contribution >= 0.6 is 0 Å². The fraction of sp³-hybridized carbons (Fsp3) is 0.348. The van der Waals surface area contributed by atoms with Crippen molar-refractivity contribution in [3.8, 4) is 11.4 Å². The molecule has 2 fully saturated rings. The molecule has 2 aromatic heterocycles. The van der Waals surface area contributed by atoms with Crippen molar-refractivity contribution in [3.63, 3.8) is 0 Å². The van der Waals surface area contributed by atoms with Gasteiger partial charge in [-0.25, -0.2) is 9.97 Å². The number of anilines is 1. The Labute approximate surface area is 160 Å². The molecule has 0 saturated carbocycles. The van der Waals surface area contributed by atoms with Gasteiger partial charge in [0.2, 0.25) is 0 Å². The number of benzene rings is 1. The highest BCUT2D eigenvalue weighted by molar-refractivity contribution is 5.60. The molecular weight excluding hydrogens is 332 g/mol. The fourth-order valence-corrected chi connectivity index (χ4v) is 4.88. The average Bonchev–Trinajstić information content (AvgIpc) is 2.98. The summed E-state index contributed by atoms with van der Waals surface area (Å²) in [5, 5.41) is 0. The standard InChI is InChI=1S/C23H24N4/c1-16-25-22(21-9-5-6-12-24-21)15-23(26-16)27-19-10-11-20(27)14-18(13-19)17-7-3-2-4-8-17/h2-9,12,15,18-20H,10-11,13-14H2,1H3/t18?,19-,20+. The molecule has 2 aliphatic heterocycles. The van der Waals surface area contributed by atoms with Crippen molar-refractivity contribution in [2.24, 2.45) is 0 Å². The third-order valence-corrected chi connectivity index (χ3v) is 6.02. The van der Waals surface area contributed by atoms with Gasteiger partial charge < -0.3 is 4.90 Å². The molecule has 3 aromatic rings. The molecule has 4 nitrogen and oxygen atoms in total. The molecule has 2 aliphatic rings. The lowest BCUT2D eigenvalue weighted by molar-refractivity contribution is 0.413. The van der Waals surface area contributed by atoms with E-state index in [1.54, 1.807) is 0 Å². The first-order valence-electron chi connectivity index (χ1n) is 9.88. The van der Waals surface area contributed by atoms with E-state index in [9.17, 15) is 0 Å². The summed E-state index contributed by atoms with van der Waals surface area (Å²) in [6, 6.07) is 20.2. The first-order valence-corrected chi connectivity index (χ1v) is 9.88. The molecule has 3 atom stereocenters. The number of pyridine rings is 1. The third kappa shape index (κ3) is 3.09. The molecular formula is C23H24N4. The summed E-state index contributed by atoms with van der Waals surface area (Å²) in [6.07, 6.45) is 6.76. The molecule has 5 rings (SSSR count). The van der Waals surface area contributed by atoms with Crippen LogP contribution < -0.4 is 4.90 Å². The molecule has 136 valence electrons. The van der Waals surface area contributed by atoms with Gasteiger partial charge in [0.05, 0.1) is 11.4 Å². The van der Waals surface area contributed by atoms with Gasteiger partial charge in [-0.3, -0.25) is 4.98 Å². The van der Waals surface area contributed by atoms with Crippen molar-refractivity contribution in [1.82, 2.24) is 15.0 Å². The SMILES string of the molecule is Cc1nc(-c2ccccn2)cc(N2[C@@H]3CC[C@H]2CC(c2ccccc2)C3)n1. The fourth-order valence-electron chi connectivity index (χ4n) is 4.88. The minimum absolute atomic E-state index is 0.569. The van der Waals surface area contributed by atoms with Gasteiger partial charge in [0.1, 0.15) is 11.6 Å². The Bertz CT molecular complexity index is 912. The van der Waals surface area contributed by atoms with E-state index in [1.807, 2.05) is 31.3 Å². The highest BCUT2D eigenvalue weighted by Gasteiger charge is 2.41. The second-order valence-electron chi connectivity index (χ2n) is 7.74. The van der Waals surface area contributed by atoms with E-state index >= 15 is 0 Å². The van der Waals surface area contributed by atoms with Crippen molar-refractivity contribution >= 4 is 5.82 Å². The number of aromatic nitrogens is 3. The summed E-state index contributed by atoms with van der Waals surface area (Å²) in [5.41, 5.74) is 3.32. The van der Waals surface area contributed by atoms with E-state index in [-0.39, 0.29) is 0 Å². The van der Waals surface area contributed by atoms with Crippen LogP contribution in [0.15, 0.2) is 60.8 Å². The van der Waals surface area contributed by atoms with Gasteiger partial charge in [-0.2, -0.15) is 0 Å². The molecule has 0 aliphatic carbocycles. The van der Waals surface area contributed by atoms with E-state index < -0.39 is 0 Å². The molecule has 4 heterocycles. The Morgan fingerprint density at radius 3 is 2.30 bits per heavy atom. The van der Waals surface area contributed by atoms with Gasteiger partial charge in [0.25, 0.3) is 0 Å². The van der Waals surface area contributed by atoms with Crippen LogP contribution in [0, 0.1) is 6.92 Å². The van der Waals surface area contributed by atoms with Gasteiger partial charge in [-0.1, -0.05) is 36.4 Å². The second kappa shape index (κ2) is 6.76. The Balaban J connectivity index is 1.45. The summed E-state index contributed by atoms with van der Waals surface area (Å²) in [6.45, 7) is 1.98. The number of piperidine rings is 1. The number of rotatable bonds is 3. The van der Waals surface area contributed by atoms with Crippen molar-refractivity contribution in [2.75, 3.05) is 4.90 Å². The van der Waals surface area contributed by atoms with Crippen LogP contribution in [0.4, 0.5) is 5.82 Å². The lowest BCUT2D eigenvalue weighted by Gasteiger charge is -2.40. The topological polar surface area (TPSA) is 41.9 Å². The van der Waals surface area contributed by atoms with Crippen molar-refractivity contribution in [2.45, 2.75) is 50.6 Å². The van der Waals surface area contributed by atoms with Gasteiger partial charge in [0, 0.05) is 24.3 Å². The third-order valence-electron chi connectivity index (χ3n) is 6.02. The van der Waals surface area contributed by atoms with E-state index in [2.05, 4.69) is 51.3 Å². The van der Waals surface area contributed by atoms with Crippen molar-refractivity contribution in [3.05, 3.63) is 72.2 Å². The molecule has 2 bridgehead atoms. The number of nitrogens with zero attached hydrogens (tertiary/aromatic N) is 4. The maximum Gasteiger partial charge on any atom is 0.133 e. The van der Waals surface area contributed by atoms with Crippen molar-refractivity contribution in [1.29, 1.82) is 0 Å². The maximum atomic E-state index is 4.81. The number of aryl methyl sites for hydroxylation is 1. The first-order chi connectivity index (χ1) is 13.3. The Hall–Kier alpha value is -2.75. The normalized spacial score (nSPS) is 24.2. The smallest absolute Gasteiger partial charge is 0.133 e. The largest absolute Gasteiger partial charge is 0.350 e. The van der Waals surface area contributed by atoms with Crippen LogP contribution in [0.3, 0.4) is 0 Å². The van der Waals surface area contributed by atoms with Gasteiger partial charge >= 0.3 is 0 Å². The predicted octanol–water partition coefficient (Wildman–Crippen LogP) is 4.76. The maximum absolute atomic E-state index is 4.81. The van der Waals surface area contributed by atoms with Crippen LogP contribution in [-0.2, 0) is 0 Å². The van der Waals surface area contributed by atoms with Crippen molar-refractivity contribution < 1.29 is 0 Å². The van der Waals surface area contributed by atoms with Crippen LogP contribution in [0.1, 0.15) is 43.0 Å². The predicted molar refractivity (Wildman–Crippen MR) is 108 cm³/mol. The van der Waals surface area contributed by atoms with Gasteiger partial charge in [0.15, 0.2) is 0 Å². The first kappa shape index (κ1) is 16.4. The molecule has 4 heteroatoms. The van der Waals surface area contributed by atoms with Gasteiger partial charge in [-0.05, 0) is 56.2 Å². The molecule has 1 unspecified atom stereocenters. The molecule has 0 spiro atoms. The Morgan fingerprint density at radius 1 is 0.852 bits per heavy atom. The molecule has 0 amide bonds. The van der Waals surface area contributed by atoms with E-state index in [0.717, 1.165) is 23.0 Å². The second-order valence-corrected chi connectivity index (χ2v) is 7.74. The number of fused-ring (bicyclic) bond motifs is 2. The Kier molecular flexibility index (Phi) is 4.12. The van der Waals surface area contributed by atoms with Crippen LogP contribution in [0.2, 0.25) is 0 Å². The summed E-state index contributed by atoms with van der Waals surface area (Å²) in [5.74, 6) is 2.55. The van der Waals surface area contributed by atoms with E-state index in [1.165, 1.54) is 31.2 Å². The quantitative estimate of drug-likeness (QED) is 0.678. The zero-order valence-electron chi connectivity index (χ0n) is 15.6. The molecule has 2 saturated heterocycles. The lowest BCUT2D eigenvalue weighted by atomic mass is 9.85. The average molecular weight is 356 g/mol. The minimum Gasteiger partial charge on any atom is -0.350 e. The summed E-state index contributed by atoms with van der Waals surface area (Å²) in [7, 11) is 0. The van der Waals surface area contributed by atoms with Crippen LogP contribution in [0.5, 0.6) is 0 Å². The zero-order valence-corrected chi connectivity index (χ0v) is 15.6. The number of hydrogen-bond acceptors (Lipinski definition) is 4. The molecule has 0 N–H and O–H groups in total. The minimum atomic E-state index is 0.569. The van der Waals surface area contributed by atoms with E-state index in [4.69, 9.17) is 4.98 Å². The summed E-state index contributed by atoms with van der Waals surface area (Å²) < 4.78 is 0. The molecule has 27 heavy (non-hydrogen) atoms. The lowest BCUT2D eigenvalue weighted by Crippen LogP contribution is -2.43. The highest BCUT2D eigenvalue weighted by atomic mass is 15.3. The summed E-state index contributed by atoms with van der Waals surface area (Å²) in [4.78, 5) is 16.5. The number of hydrogen-bond donors (Lipinski definition) is 0. The highest BCUT2D eigenvalue weighted by Crippen LogP contribution is 2.45. The molecule has 1 aromatic carbocycles. The van der Waals surface area contributed by atoms with Crippen LogP contribution in [0.25, 0.3) is 11.4 Å². The zero-order chi connectivity index (χ0) is 18.2. The summed E-state index contributed by atoms with van der Waals surface area (Å²) >= 11 is 0. The van der Waals surface area contributed by atoms with E-state index in [0.29, 0.717) is 18.0 Å².